The minimum atomic E-state index is -0.295. The Hall–Kier alpha value is -1.84. The molecule has 0 fully saturated rings. The van der Waals surface area contributed by atoms with Crippen LogP contribution in [0.1, 0.15) is 25.5 Å². The second-order valence-corrected chi connectivity index (χ2v) is 5.45. The van der Waals surface area contributed by atoms with Gasteiger partial charge in [0.15, 0.2) is 0 Å². The van der Waals surface area contributed by atoms with Gasteiger partial charge in [0, 0.05) is 16.8 Å². The lowest BCUT2D eigenvalue weighted by Crippen LogP contribution is -2.39. The second-order valence-electron chi connectivity index (χ2n) is 5.02. The lowest BCUT2D eigenvalue weighted by atomic mass is 10.1. The number of hydrogen-bond acceptors (Lipinski definition) is 2. The van der Waals surface area contributed by atoms with Gasteiger partial charge in [-0.2, -0.15) is 0 Å². The van der Waals surface area contributed by atoms with Crippen molar-refractivity contribution in [1.29, 1.82) is 0 Å². The lowest BCUT2D eigenvalue weighted by Gasteiger charge is -2.20. The highest BCUT2D eigenvalue weighted by atomic mass is 35.5. The standard InChI is InChI=1S/C17H19ClN2O/c1-12(14-8-10-15(18)11-9-14)19-13(2)17(21)20-16-6-4-3-5-7-16/h3-13,19H,1-2H3,(H,20,21)/t12-,13+/m0/s1. The number of nitrogens with one attached hydrogen (secondary N) is 2. The zero-order valence-electron chi connectivity index (χ0n) is 12.1. The molecule has 0 aliphatic rings. The van der Waals surface area contributed by atoms with E-state index in [1.165, 1.54) is 0 Å². The van der Waals surface area contributed by atoms with Crippen LogP contribution in [0, 0.1) is 0 Å². The van der Waals surface area contributed by atoms with Gasteiger partial charge in [-0.25, -0.2) is 0 Å². The van der Waals surface area contributed by atoms with E-state index in [-0.39, 0.29) is 18.0 Å². The van der Waals surface area contributed by atoms with E-state index in [4.69, 9.17) is 11.6 Å². The van der Waals surface area contributed by atoms with Gasteiger partial charge in [-0.15, -0.1) is 0 Å². The molecule has 0 heterocycles. The quantitative estimate of drug-likeness (QED) is 0.876. The normalized spacial score (nSPS) is 13.5. The van der Waals surface area contributed by atoms with Crippen LogP contribution < -0.4 is 10.6 Å². The maximum atomic E-state index is 12.1. The summed E-state index contributed by atoms with van der Waals surface area (Å²) in [4.78, 5) is 12.1. The Bertz CT molecular complexity index is 583. The summed E-state index contributed by atoms with van der Waals surface area (Å²) in [6.45, 7) is 3.88. The monoisotopic (exact) mass is 302 g/mol. The molecule has 2 rings (SSSR count). The number of benzene rings is 2. The molecule has 0 aliphatic heterocycles. The van der Waals surface area contributed by atoms with Crippen LogP contribution in [0.15, 0.2) is 54.6 Å². The van der Waals surface area contributed by atoms with Crippen molar-refractivity contribution in [2.75, 3.05) is 5.32 Å². The molecule has 21 heavy (non-hydrogen) atoms. The smallest absolute Gasteiger partial charge is 0.241 e. The fraction of sp³-hybridized carbons (Fsp3) is 0.235. The van der Waals surface area contributed by atoms with Gasteiger partial charge in [0.1, 0.15) is 0 Å². The molecule has 4 heteroatoms. The van der Waals surface area contributed by atoms with Gasteiger partial charge in [0.05, 0.1) is 6.04 Å². The van der Waals surface area contributed by atoms with E-state index < -0.39 is 0 Å². The van der Waals surface area contributed by atoms with Gasteiger partial charge >= 0.3 is 0 Å². The number of carbonyl (C=O) groups excluding carboxylic acids is 1. The first kappa shape index (κ1) is 15.5. The molecule has 2 atom stereocenters. The van der Waals surface area contributed by atoms with E-state index in [1.54, 1.807) is 0 Å². The predicted octanol–water partition coefficient (Wildman–Crippen LogP) is 4.02. The molecular weight excluding hydrogens is 284 g/mol. The van der Waals surface area contributed by atoms with Gasteiger partial charge in [-0.3, -0.25) is 10.1 Å². The SMILES string of the molecule is C[C@H](N[C@H](C)C(=O)Nc1ccccc1)c1ccc(Cl)cc1. The summed E-state index contributed by atoms with van der Waals surface area (Å²) in [5.74, 6) is -0.0537. The minimum Gasteiger partial charge on any atom is -0.325 e. The third-order valence-electron chi connectivity index (χ3n) is 3.30. The summed E-state index contributed by atoms with van der Waals surface area (Å²) < 4.78 is 0. The molecule has 0 bridgehead atoms. The zero-order chi connectivity index (χ0) is 15.2. The molecule has 0 radical (unpaired) electrons. The third-order valence-corrected chi connectivity index (χ3v) is 3.56. The molecule has 0 aromatic heterocycles. The van der Waals surface area contributed by atoms with Crippen LogP contribution in [0.4, 0.5) is 5.69 Å². The summed E-state index contributed by atoms with van der Waals surface area (Å²) in [5.41, 5.74) is 1.90. The van der Waals surface area contributed by atoms with Gasteiger partial charge < -0.3 is 5.32 Å². The van der Waals surface area contributed by atoms with E-state index in [2.05, 4.69) is 10.6 Å². The summed E-state index contributed by atoms with van der Waals surface area (Å²) in [7, 11) is 0. The highest BCUT2D eigenvalue weighted by Gasteiger charge is 2.16. The fourth-order valence-electron chi connectivity index (χ4n) is 2.07. The lowest BCUT2D eigenvalue weighted by molar-refractivity contribution is -0.117. The summed E-state index contributed by atoms with van der Waals surface area (Å²) in [6, 6.07) is 16.8. The molecule has 0 saturated heterocycles. The Labute approximate surface area is 130 Å². The number of para-hydroxylation sites is 1. The zero-order valence-corrected chi connectivity index (χ0v) is 12.9. The van der Waals surface area contributed by atoms with Gasteiger partial charge in [0.25, 0.3) is 0 Å². The molecule has 0 spiro atoms. The van der Waals surface area contributed by atoms with Crippen molar-refractivity contribution in [3.8, 4) is 0 Å². The molecule has 3 nitrogen and oxygen atoms in total. The molecular formula is C17H19ClN2O. The van der Waals surface area contributed by atoms with Crippen LogP contribution in [0.25, 0.3) is 0 Å². The van der Waals surface area contributed by atoms with Crippen molar-refractivity contribution in [2.45, 2.75) is 25.9 Å². The van der Waals surface area contributed by atoms with Crippen molar-refractivity contribution >= 4 is 23.2 Å². The van der Waals surface area contributed by atoms with E-state index in [0.29, 0.717) is 5.02 Å². The van der Waals surface area contributed by atoms with Crippen LogP contribution in [0.2, 0.25) is 5.02 Å². The molecule has 2 aromatic rings. The highest BCUT2D eigenvalue weighted by molar-refractivity contribution is 6.30. The van der Waals surface area contributed by atoms with Crippen molar-refractivity contribution < 1.29 is 4.79 Å². The number of rotatable bonds is 5. The van der Waals surface area contributed by atoms with Crippen LogP contribution in [0.5, 0.6) is 0 Å². The maximum Gasteiger partial charge on any atom is 0.241 e. The predicted molar refractivity (Wildman–Crippen MR) is 87.5 cm³/mol. The molecule has 2 N–H and O–H groups in total. The Morgan fingerprint density at radius 1 is 1.00 bits per heavy atom. The van der Waals surface area contributed by atoms with Gasteiger partial charge in [-0.1, -0.05) is 41.9 Å². The maximum absolute atomic E-state index is 12.1. The van der Waals surface area contributed by atoms with Crippen molar-refractivity contribution in [2.24, 2.45) is 0 Å². The molecule has 110 valence electrons. The second kappa shape index (κ2) is 7.25. The first-order valence-corrected chi connectivity index (χ1v) is 7.31. The Morgan fingerprint density at radius 3 is 2.24 bits per heavy atom. The minimum absolute atomic E-state index is 0.0537. The summed E-state index contributed by atoms with van der Waals surface area (Å²) >= 11 is 5.88. The van der Waals surface area contributed by atoms with Crippen molar-refractivity contribution in [3.05, 3.63) is 65.2 Å². The largest absolute Gasteiger partial charge is 0.325 e. The summed E-state index contributed by atoms with van der Waals surface area (Å²) in [5, 5.41) is 6.87. The first-order valence-electron chi connectivity index (χ1n) is 6.93. The van der Waals surface area contributed by atoms with Gasteiger partial charge in [-0.05, 0) is 43.7 Å². The van der Waals surface area contributed by atoms with E-state index in [9.17, 15) is 4.79 Å². The Morgan fingerprint density at radius 2 is 1.62 bits per heavy atom. The van der Waals surface area contributed by atoms with Gasteiger partial charge in [0.2, 0.25) is 5.91 Å². The Balaban J connectivity index is 1.92. The number of halogens is 1. The number of anilines is 1. The number of amides is 1. The molecule has 0 unspecified atom stereocenters. The topological polar surface area (TPSA) is 41.1 Å². The number of carbonyl (C=O) groups is 1. The molecule has 1 amide bonds. The van der Waals surface area contributed by atoms with E-state index in [1.807, 2.05) is 68.4 Å². The fourth-order valence-corrected chi connectivity index (χ4v) is 2.20. The average molecular weight is 303 g/mol. The van der Waals surface area contributed by atoms with Crippen LogP contribution in [-0.4, -0.2) is 11.9 Å². The Kier molecular flexibility index (Phi) is 5.37. The average Bonchev–Trinajstić information content (AvgIpc) is 2.48. The van der Waals surface area contributed by atoms with E-state index >= 15 is 0 Å². The molecule has 0 aliphatic carbocycles. The highest BCUT2D eigenvalue weighted by Crippen LogP contribution is 2.16. The molecule has 2 aromatic carbocycles. The van der Waals surface area contributed by atoms with Crippen LogP contribution in [0.3, 0.4) is 0 Å². The summed E-state index contributed by atoms with van der Waals surface area (Å²) in [6.07, 6.45) is 0. The van der Waals surface area contributed by atoms with Crippen LogP contribution >= 0.6 is 11.6 Å². The van der Waals surface area contributed by atoms with Crippen LogP contribution in [-0.2, 0) is 4.79 Å². The van der Waals surface area contributed by atoms with E-state index in [0.717, 1.165) is 11.3 Å². The van der Waals surface area contributed by atoms with Crippen molar-refractivity contribution in [1.82, 2.24) is 5.32 Å². The number of hydrogen-bond donors (Lipinski definition) is 2. The third kappa shape index (κ3) is 4.59. The first-order chi connectivity index (χ1) is 10.1. The molecule has 0 saturated carbocycles. The van der Waals surface area contributed by atoms with Crippen molar-refractivity contribution in [3.63, 3.8) is 0 Å².